The van der Waals surface area contributed by atoms with Gasteiger partial charge in [0, 0.05) is 38.8 Å². The van der Waals surface area contributed by atoms with Gasteiger partial charge in [-0.25, -0.2) is 0 Å². The van der Waals surface area contributed by atoms with Crippen molar-refractivity contribution in [3.05, 3.63) is 23.3 Å². The van der Waals surface area contributed by atoms with Crippen molar-refractivity contribution in [1.29, 1.82) is 0 Å². The van der Waals surface area contributed by atoms with E-state index in [2.05, 4.69) is 28.1 Å². The van der Waals surface area contributed by atoms with Crippen LogP contribution in [-0.4, -0.2) is 68.2 Å². The van der Waals surface area contributed by atoms with Crippen molar-refractivity contribution >= 4 is 5.91 Å². The largest absolute Gasteiger partial charge is 0.493 e. The van der Waals surface area contributed by atoms with Crippen molar-refractivity contribution in [2.45, 2.75) is 46.3 Å². The zero-order chi connectivity index (χ0) is 19.3. The third-order valence-electron chi connectivity index (χ3n) is 5.00. The van der Waals surface area contributed by atoms with Gasteiger partial charge in [0.2, 0.25) is 5.91 Å². The highest BCUT2D eigenvalue weighted by atomic mass is 16.5. The molecule has 1 saturated heterocycles. The number of rotatable bonds is 7. The van der Waals surface area contributed by atoms with Crippen LogP contribution in [0.5, 0.6) is 11.5 Å². The van der Waals surface area contributed by atoms with E-state index in [1.807, 2.05) is 26.8 Å². The number of hydrogen-bond acceptors (Lipinski definition) is 5. The standard InChI is InChI=1S/C20H33N3O3/c1-14(2)21-20(24)16(4)23-9-7-22(8-10-23)13-17-12-19(26-6)18(25-5)11-15(17)3/h11-12,14,16H,7-10,13H2,1-6H3,(H,21,24)/t16-/m0/s1. The third-order valence-corrected chi connectivity index (χ3v) is 5.00. The van der Waals surface area contributed by atoms with E-state index < -0.39 is 0 Å². The van der Waals surface area contributed by atoms with Crippen LogP contribution in [0.1, 0.15) is 31.9 Å². The summed E-state index contributed by atoms with van der Waals surface area (Å²) in [6.45, 7) is 12.7. The molecule has 0 unspecified atom stereocenters. The summed E-state index contributed by atoms with van der Waals surface area (Å²) in [5.41, 5.74) is 2.46. The van der Waals surface area contributed by atoms with Gasteiger partial charge in [-0.2, -0.15) is 0 Å². The molecular weight excluding hydrogens is 330 g/mol. The van der Waals surface area contributed by atoms with Gasteiger partial charge in [0.25, 0.3) is 0 Å². The highest BCUT2D eigenvalue weighted by Gasteiger charge is 2.26. The normalized spacial score (nSPS) is 17.2. The van der Waals surface area contributed by atoms with Gasteiger partial charge in [0.1, 0.15) is 0 Å². The zero-order valence-electron chi connectivity index (χ0n) is 17.0. The lowest BCUT2D eigenvalue weighted by Gasteiger charge is -2.37. The molecule has 0 spiro atoms. The van der Waals surface area contributed by atoms with E-state index in [0.29, 0.717) is 0 Å². The second-order valence-corrected chi connectivity index (χ2v) is 7.29. The van der Waals surface area contributed by atoms with Gasteiger partial charge < -0.3 is 14.8 Å². The second-order valence-electron chi connectivity index (χ2n) is 7.29. The quantitative estimate of drug-likeness (QED) is 0.803. The van der Waals surface area contributed by atoms with E-state index in [4.69, 9.17) is 9.47 Å². The maximum atomic E-state index is 12.2. The lowest BCUT2D eigenvalue weighted by atomic mass is 10.1. The average Bonchev–Trinajstić information content (AvgIpc) is 2.62. The molecule has 6 heteroatoms. The Morgan fingerprint density at radius 3 is 2.19 bits per heavy atom. The van der Waals surface area contributed by atoms with Gasteiger partial charge in [-0.05, 0) is 51.0 Å². The summed E-state index contributed by atoms with van der Waals surface area (Å²) in [5, 5.41) is 3.00. The van der Waals surface area contributed by atoms with E-state index in [9.17, 15) is 4.79 Å². The lowest BCUT2D eigenvalue weighted by Crippen LogP contribution is -2.54. The van der Waals surface area contributed by atoms with Crippen molar-refractivity contribution in [2.75, 3.05) is 40.4 Å². The van der Waals surface area contributed by atoms with E-state index in [1.165, 1.54) is 11.1 Å². The Morgan fingerprint density at radius 1 is 1.08 bits per heavy atom. The molecule has 1 atom stereocenters. The highest BCUT2D eigenvalue weighted by Crippen LogP contribution is 2.31. The van der Waals surface area contributed by atoms with Gasteiger partial charge in [-0.3, -0.25) is 14.6 Å². The van der Waals surface area contributed by atoms with Crippen LogP contribution in [0.4, 0.5) is 0 Å². The number of amides is 1. The highest BCUT2D eigenvalue weighted by molar-refractivity contribution is 5.81. The van der Waals surface area contributed by atoms with Crippen LogP contribution in [-0.2, 0) is 11.3 Å². The minimum Gasteiger partial charge on any atom is -0.493 e. The molecule has 2 rings (SSSR count). The first-order chi connectivity index (χ1) is 12.3. The van der Waals surface area contributed by atoms with Gasteiger partial charge in [0.15, 0.2) is 11.5 Å². The van der Waals surface area contributed by atoms with Crippen LogP contribution in [0.2, 0.25) is 0 Å². The smallest absolute Gasteiger partial charge is 0.237 e. The van der Waals surface area contributed by atoms with Gasteiger partial charge >= 0.3 is 0 Å². The van der Waals surface area contributed by atoms with E-state index in [1.54, 1.807) is 14.2 Å². The molecule has 0 aromatic heterocycles. The topological polar surface area (TPSA) is 54.0 Å². The molecule has 1 aliphatic heterocycles. The Morgan fingerprint density at radius 2 is 1.65 bits per heavy atom. The Balaban J connectivity index is 1.94. The average molecular weight is 364 g/mol. The molecule has 0 saturated carbocycles. The lowest BCUT2D eigenvalue weighted by molar-refractivity contribution is -0.127. The number of ether oxygens (including phenoxy) is 2. The summed E-state index contributed by atoms with van der Waals surface area (Å²) in [6.07, 6.45) is 0. The molecule has 1 fully saturated rings. The number of aryl methyl sites for hydroxylation is 1. The van der Waals surface area contributed by atoms with Crippen LogP contribution in [0.3, 0.4) is 0 Å². The fourth-order valence-corrected chi connectivity index (χ4v) is 3.31. The number of methoxy groups -OCH3 is 2. The van der Waals surface area contributed by atoms with Crippen LogP contribution < -0.4 is 14.8 Å². The molecule has 26 heavy (non-hydrogen) atoms. The molecule has 6 nitrogen and oxygen atoms in total. The molecule has 1 N–H and O–H groups in total. The summed E-state index contributed by atoms with van der Waals surface area (Å²) in [7, 11) is 3.33. The van der Waals surface area contributed by atoms with Crippen molar-refractivity contribution < 1.29 is 14.3 Å². The molecule has 0 radical (unpaired) electrons. The van der Waals surface area contributed by atoms with Crippen LogP contribution >= 0.6 is 0 Å². The van der Waals surface area contributed by atoms with Crippen LogP contribution in [0, 0.1) is 6.92 Å². The molecule has 146 valence electrons. The van der Waals surface area contributed by atoms with Crippen molar-refractivity contribution in [1.82, 2.24) is 15.1 Å². The van der Waals surface area contributed by atoms with Gasteiger partial charge in [-0.1, -0.05) is 0 Å². The fraction of sp³-hybridized carbons (Fsp3) is 0.650. The van der Waals surface area contributed by atoms with Gasteiger partial charge in [-0.15, -0.1) is 0 Å². The van der Waals surface area contributed by atoms with Crippen molar-refractivity contribution in [2.24, 2.45) is 0 Å². The summed E-state index contributed by atoms with van der Waals surface area (Å²) >= 11 is 0. The summed E-state index contributed by atoms with van der Waals surface area (Å²) in [4.78, 5) is 16.9. The first kappa shape index (κ1) is 20.5. The first-order valence-electron chi connectivity index (χ1n) is 9.34. The maximum Gasteiger partial charge on any atom is 0.237 e. The minimum absolute atomic E-state index is 0.0811. The van der Waals surface area contributed by atoms with E-state index >= 15 is 0 Å². The molecule has 1 heterocycles. The monoisotopic (exact) mass is 363 g/mol. The second kappa shape index (κ2) is 9.24. The van der Waals surface area contributed by atoms with E-state index in [0.717, 1.165) is 44.2 Å². The third kappa shape index (κ3) is 5.11. The molecular formula is C20H33N3O3. The summed E-state index contributed by atoms with van der Waals surface area (Å²) in [6, 6.07) is 4.20. The molecule has 1 aliphatic rings. The zero-order valence-corrected chi connectivity index (χ0v) is 17.0. The fourth-order valence-electron chi connectivity index (χ4n) is 3.31. The van der Waals surface area contributed by atoms with E-state index in [-0.39, 0.29) is 18.0 Å². The number of nitrogens with zero attached hydrogens (tertiary/aromatic N) is 2. The number of carbonyl (C=O) groups is 1. The first-order valence-corrected chi connectivity index (χ1v) is 9.34. The number of carbonyl (C=O) groups excluding carboxylic acids is 1. The molecule has 1 amide bonds. The molecule has 1 aromatic carbocycles. The number of hydrogen-bond donors (Lipinski definition) is 1. The number of piperazine rings is 1. The Kier molecular flexibility index (Phi) is 7.29. The Hall–Kier alpha value is -1.79. The van der Waals surface area contributed by atoms with Gasteiger partial charge in [0.05, 0.1) is 20.3 Å². The van der Waals surface area contributed by atoms with Crippen LogP contribution in [0.15, 0.2) is 12.1 Å². The summed E-state index contributed by atoms with van der Waals surface area (Å²) in [5.74, 6) is 1.65. The van der Waals surface area contributed by atoms with Crippen molar-refractivity contribution in [3.63, 3.8) is 0 Å². The summed E-state index contributed by atoms with van der Waals surface area (Å²) < 4.78 is 10.8. The number of nitrogens with one attached hydrogen (secondary N) is 1. The van der Waals surface area contributed by atoms with Crippen LogP contribution in [0.25, 0.3) is 0 Å². The predicted octanol–water partition coefficient (Wildman–Crippen LogP) is 2.04. The number of benzene rings is 1. The van der Waals surface area contributed by atoms with Crippen molar-refractivity contribution in [3.8, 4) is 11.5 Å². The Labute approximate surface area is 157 Å². The predicted molar refractivity (Wildman–Crippen MR) is 104 cm³/mol. The molecule has 0 aliphatic carbocycles. The Bertz CT molecular complexity index is 611. The maximum absolute atomic E-state index is 12.2. The minimum atomic E-state index is -0.0811. The molecule has 0 bridgehead atoms. The SMILES string of the molecule is COc1cc(C)c(CN2CCN([C@@H](C)C(=O)NC(C)C)CC2)cc1OC. The molecule has 1 aromatic rings.